The zero-order valence-corrected chi connectivity index (χ0v) is 28.2. The van der Waals surface area contributed by atoms with Crippen molar-refractivity contribution in [1.29, 1.82) is 0 Å². The fraction of sp³-hybridized carbons (Fsp3) is 0.500. The summed E-state index contributed by atoms with van der Waals surface area (Å²) in [7, 11) is 0. The average molecular weight is 658 g/mol. The summed E-state index contributed by atoms with van der Waals surface area (Å²) in [6.07, 6.45) is 20.3. The lowest BCUT2D eigenvalue weighted by Gasteiger charge is -2.11. The molecule has 0 spiro atoms. The van der Waals surface area contributed by atoms with Crippen molar-refractivity contribution in [3.05, 3.63) is 88.2 Å². The third kappa shape index (κ3) is 13.3. The summed E-state index contributed by atoms with van der Waals surface area (Å²) in [5.74, 6) is 0.624. The zero-order valence-electron chi connectivity index (χ0n) is 25.9. The van der Waals surface area contributed by atoms with Crippen molar-refractivity contribution in [2.75, 3.05) is 11.9 Å². The average Bonchev–Trinajstić information content (AvgIpc) is 2.95. The van der Waals surface area contributed by atoms with Crippen LogP contribution in [0.4, 0.5) is 5.69 Å². The van der Waals surface area contributed by atoms with Crippen LogP contribution in [0.5, 0.6) is 5.75 Å². The van der Waals surface area contributed by atoms with E-state index >= 15 is 0 Å². The predicted molar refractivity (Wildman–Crippen MR) is 172 cm³/mol. The lowest BCUT2D eigenvalue weighted by atomic mass is 10.1. The summed E-state index contributed by atoms with van der Waals surface area (Å²) < 4.78 is 8.08. The van der Waals surface area contributed by atoms with E-state index in [1.807, 2.05) is 36.4 Å². The number of para-hydroxylation sites is 1. The first-order valence-electron chi connectivity index (χ1n) is 15.7. The highest BCUT2D eigenvalue weighted by Crippen LogP contribution is 2.26. The molecule has 0 saturated carbocycles. The quantitative estimate of drug-likeness (QED) is 0.117. The number of nitrogens with one attached hydrogen (secondary N) is 1. The van der Waals surface area contributed by atoms with Gasteiger partial charge in [0.15, 0.2) is 18.9 Å². The molecule has 0 aliphatic rings. The van der Waals surface area contributed by atoms with Crippen LogP contribution < -0.4 is 31.6 Å². The van der Waals surface area contributed by atoms with Crippen LogP contribution in [0, 0.1) is 13.8 Å². The van der Waals surface area contributed by atoms with Crippen LogP contribution >= 0.6 is 11.6 Å². The van der Waals surface area contributed by atoms with Gasteiger partial charge in [0.2, 0.25) is 5.91 Å². The normalized spacial score (nSPS) is 10.8. The van der Waals surface area contributed by atoms with Crippen molar-refractivity contribution < 1.29 is 31.1 Å². The van der Waals surface area contributed by atoms with Gasteiger partial charge in [-0.3, -0.25) is 4.79 Å². The number of unbranched alkanes of at least 4 members (excludes halogenated alkanes) is 11. The first-order valence-corrected chi connectivity index (χ1v) is 16.1. The molecule has 0 saturated heterocycles. The molecule has 6 heteroatoms. The first kappa shape index (κ1) is 35.8. The van der Waals surface area contributed by atoms with Gasteiger partial charge in [-0.15, -0.1) is 0 Å². The maximum atomic E-state index is 12.9. The maximum absolute atomic E-state index is 12.9. The van der Waals surface area contributed by atoms with Crippen molar-refractivity contribution in [2.45, 2.75) is 111 Å². The number of aryl methyl sites for hydroxylation is 2. The number of carbonyl (C=O) groups is 1. The molecule has 0 radical (unpaired) electrons. The fourth-order valence-corrected chi connectivity index (χ4v) is 5.34. The van der Waals surface area contributed by atoms with E-state index in [0.29, 0.717) is 23.9 Å². The SMILES string of the molecule is CCCCCCCCCCCCCCOc1ccc(CC(=O)Nc2ccccc2C[n+]2ccc(C)c(C)c2)cc1Cl.[Br-]. The van der Waals surface area contributed by atoms with Crippen LogP contribution in [0.25, 0.3) is 0 Å². The Hall–Kier alpha value is -2.37. The molecule has 3 aromatic rings. The van der Waals surface area contributed by atoms with E-state index in [0.717, 1.165) is 23.2 Å². The number of hydrogen-bond acceptors (Lipinski definition) is 2. The number of amides is 1. The van der Waals surface area contributed by atoms with E-state index in [9.17, 15) is 4.79 Å². The summed E-state index contributed by atoms with van der Waals surface area (Å²) in [6.45, 7) is 7.85. The second-order valence-electron chi connectivity index (χ2n) is 11.4. The molecule has 0 aliphatic heterocycles. The Morgan fingerprint density at radius 3 is 2.12 bits per heavy atom. The first-order chi connectivity index (χ1) is 20.0. The van der Waals surface area contributed by atoms with Crippen LogP contribution in [0.3, 0.4) is 0 Å². The van der Waals surface area contributed by atoms with Crippen LogP contribution in [0.1, 0.15) is 106 Å². The topological polar surface area (TPSA) is 42.2 Å². The summed E-state index contributed by atoms with van der Waals surface area (Å²) in [6, 6.07) is 15.7. The van der Waals surface area contributed by atoms with Gasteiger partial charge in [-0.1, -0.05) is 113 Å². The molecular formula is C36H50BrClN2O2. The zero-order chi connectivity index (χ0) is 29.3. The van der Waals surface area contributed by atoms with Gasteiger partial charge in [0.05, 0.1) is 23.7 Å². The second-order valence-corrected chi connectivity index (χ2v) is 11.8. The minimum atomic E-state index is -0.0660. The van der Waals surface area contributed by atoms with Crippen LogP contribution in [-0.4, -0.2) is 12.5 Å². The number of aromatic nitrogens is 1. The number of pyridine rings is 1. The van der Waals surface area contributed by atoms with Crippen molar-refractivity contribution in [2.24, 2.45) is 0 Å². The Labute approximate surface area is 270 Å². The molecule has 2 aromatic carbocycles. The molecule has 1 aromatic heterocycles. The van der Waals surface area contributed by atoms with Gasteiger partial charge in [-0.2, -0.15) is 0 Å². The van der Waals surface area contributed by atoms with E-state index in [-0.39, 0.29) is 29.3 Å². The molecule has 0 fully saturated rings. The lowest BCUT2D eigenvalue weighted by molar-refractivity contribution is -0.688. The molecule has 3 rings (SSSR count). The molecule has 230 valence electrons. The van der Waals surface area contributed by atoms with Crippen molar-refractivity contribution in [3.8, 4) is 5.75 Å². The molecule has 0 atom stereocenters. The highest BCUT2D eigenvalue weighted by molar-refractivity contribution is 6.32. The number of halogens is 2. The van der Waals surface area contributed by atoms with Crippen molar-refractivity contribution in [1.82, 2.24) is 0 Å². The smallest absolute Gasteiger partial charge is 0.228 e. The van der Waals surface area contributed by atoms with E-state index in [1.165, 1.54) is 81.8 Å². The van der Waals surface area contributed by atoms with E-state index in [2.05, 4.69) is 55.2 Å². The van der Waals surface area contributed by atoms with E-state index in [4.69, 9.17) is 16.3 Å². The molecule has 1 heterocycles. The number of nitrogens with zero attached hydrogens (tertiary/aromatic N) is 1. The second kappa shape index (κ2) is 20.5. The summed E-state index contributed by atoms with van der Waals surface area (Å²) in [4.78, 5) is 12.9. The standard InChI is InChI=1S/C36H49ClN2O2.BrH/c1-4-5-6-7-8-9-10-11-12-13-14-17-24-41-35-21-20-31(25-33(35)37)26-36(40)38-34-19-16-15-18-32(34)28-39-23-22-29(2)30(3)27-39;/h15-16,18-23,25,27H,4-14,17,24,26,28H2,1-3H3;1H. The van der Waals surface area contributed by atoms with Crippen LogP contribution in [-0.2, 0) is 17.8 Å². The third-order valence-corrected chi connectivity index (χ3v) is 8.05. The van der Waals surface area contributed by atoms with E-state index in [1.54, 1.807) is 0 Å². The van der Waals surface area contributed by atoms with Gasteiger partial charge >= 0.3 is 0 Å². The predicted octanol–water partition coefficient (Wildman–Crippen LogP) is 6.56. The van der Waals surface area contributed by atoms with Gasteiger partial charge < -0.3 is 27.0 Å². The Kier molecular flexibility index (Phi) is 17.5. The monoisotopic (exact) mass is 656 g/mol. The van der Waals surface area contributed by atoms with Gasteiger partial charge in [-0.05, 0) is 49.6 Å². The lowest BCUT2D eigenvalue weighted by Crippen LogP contribution is -3.00. The third-order valence-electron chi connectivity index (χ3n) is 7.76. The molecule has 1 amide bonds. The number of anilines is 1. The molecule has 1 N–H and O–H groups in total. The molecule has 0 unspecified atom stereocenters. The Morgan fingerprint density at radius 1 is 0.833 bits per heavy atom. The number of rotatable bonds is 19. The van der Waals surface area contributed by atoms with Gasteiger partial charge in [0.1, 0.15) is 5.75 Å². The number of hydrogen-bond donors (Lipinski definition) is 1. The Balaban J connectivity index is 0.00000616. The number of carbonyl (C=O) groups excluding carboxylic acids is 1. The van der Waals surface area contributed by atoms with Gasteiger partial charge in [0.25, 0.3) is 0 Å². The summed E-state index contributed by atoms with van der Waals surface area (Å²) in [5, 5.41) is 3.65. The Bertz CT molecular complexity index is 1220. The molecule has 42 heavy (non-hydrogen) atoms. The highest BCUT2D eigenvalue weighted by Gasteiger charge is 2.13. The maximum Gasteiger partial charge on any atom is 0.228 e. The van der Waals surface area contributed by atoms with Gasteiger partial charge in [-0.25, -0.2) is 4.57 Å². The Morgan fingerprint density at radius 2 is 1.48 bits per heavy atom. The summed E-state index contributed by atoms with van der Waals surface area (Å²) >= 11 is 6.50. The molecule has 4 nitrogen and oxygen atoms in total. The van der Waals surface area contributed by atoms with Gasteiger partial charge in [0, 0.05) is 17.2 Å². The molecular weight excluding hydrogens is 608 g/mol. The van der Waals surface area contributed by atoms with Crippen molar-refractivity contribution >= 4 is 23.2 Å². The highest BCUT2D eigenvalue weighted by atomic mass is 79.9. The van der Waals surface area contributed by atoms with Crippen LogP contribution in [0.2, 0.25) is 5.02 Å². The number of benzene rings is 2. The molecule has 0 bridgehead atoms. The fourth-order valence-electron chi connectivity index (χ4n) is 5.08. The molecule has 0 aliphatic carbocycles. The summed E-state index contributed by atoms with van der Waals surface area (Å²) in [5.41, 5.74) is 5.27. The minimum absolute atomic E-state index is 0. The van der Waals surface area contributed by atoms with Crippen molar-refractivity contribution in [3.63, 3.8) is 0 Å². The van der Waals surface area contributed by atoms with Crippen LogP contribution in [0.15, 0.2) is 60.9 Å². The number of ether oxygens (including phenoxy) is 1. The van der Waals surface area contributed by atoms with E-state index < -0.39 is 0 Å². The largest absolute Gasteiger partial charge is 1.00 e. The minimum Gasteiger partial charge on any atom is -1.00 e.